The van der Waals surface area contributed by atoms with Gasteiger partial charge in [-0.25, -0.2) is 12.8 Å². The molecular weight excluding hydrogens is 293 g/mol. The molecule has 0 saturated carbocycles. The van der Waals surface area contributed by atoms with E-state index in [1.54, 1.807) is 6.92 Å². The largest absolute Gasteiger partial charge is 0.396 e. The van der Waals surface area contributed by atoms with E-state index in [0.717, 1.165) is 13.0 Å². The lowest BCUT2D eigenvalue weighted by atomic mass is 10.2. The van der Waals surface area contributed by atoms with Crippen LogP contribution in [0.3, 0.4) is 0 Å². The zero-order valence-corrected chi connectivity index (χ0v) is 13.5. The fraction of sp³-hybridized carbons (Fsp3) is 0.571. The molecule has 1 saturated heterocycles. The zero-order valence-electron chi connectivity index (χ0n) is 12.6. The van der Waals surface area contributed by atoms with Gasteiger partial charge in [0.15, 0.2) is 0 Å². The maximum Gasteiger partial charge on any atom is 0.243 e. The second kappa shape index (κ2) is 5.90. The SMILES string of the molecule is Cc1cc(F)c(N)cc1S(=O)(=O)N1CCCN(C)CC1C. The minimum Gasteiger partial charge on any atom is -0.396 e. The Hall–Kier alpha value is -1.18. The van der Waals surface area contributed by atoms with Crippen molar-refractivity contribution in [3.05, 3.63) is 23.5 Å². The van der Waals surface area contributed by atoms with Gasteiger partial charge in [0, 0.05) is 19.1 Å². The summed E-state index contributed by atoms with van der Waals surface area (Å²) < 4.78 is 40.7. The van der Waals surface area contributed by atoms with E-state index in [-0.39, 0.29) is 16.6 Å². The Morgan fingerprint density at radius 3 is 2.67 bits per heavy atom. The molecule has 2 N–H and O–H groups in total. The van der Waals surface area contributed by atoms with Gasteiger partial charge in [0.1, 0.15) is 5.82 Å². The van der Waals surface area contributed by atoms with Crippen LogP contribution in [0.2, 0.25) is 0 Å². The molecule has 0 radical (unpaired) electrons. The van der Waals surface area contributed by atoms with Gasteiger partial charge in [0.25, 0.3) is 0 Å². The van der Waals surface area contributed by atoms with Gasteiger partial charge in [0.2, 0.25) is 10.0 Å². The topological polar surface area (TPSA) is 66.6 Å². The van der Waals surface area contributed by atoms with Crippen LogP contribution in [0, 0.1) is 12.7 Å². The van der Waals surface area contributed by atoms with E-state index in [1.165, 1.54) is 16.4 Å². The van der Waals surface area contributed by atoms with Gasteiger partial charge in [-0.15, -0.1) is 0 Å². The van der Waals surface area contributed by atoms with E-state index in [1.807, 2.05) is 14.0 Å². The molecule has 7 heteroatoms. The number of nitrogens with two attached hydrogens (primary N) is 1. The quantitative estimate of drug-likeness (QED) is 0.839. The predicted molar refractivity (Wildman–Crippen MR) is 81.0 cm³/mol. The lowest BCUT2D eigenvalue weighted by Crippen LogP contribution is -2.42. The average Bonchev–Trinajstić information content (AvgIpc) is 2.54. The minimum atomic E-state index is -3.67. The molecule has 0 amide bonds. The number of hydrogen-bond acceptors (Lipinski definition) is 4. The summed E-state index contributed by atoms with van der Waals surface area (Å²) in [6, 6.07) is 2.27. The Morgan fingerprint density at radius 2 is 2.00 bits per heavy atom. The maximum absolute atomic E-state index is 13.4. The summed E-state index contributed by atoms with van der Waals surface area (Å²) in [5.74, 6) is -0.588. The molecule has 1 aromatic carbocycles. The van der Waals surface area contributed by atoms with Crippen molar-refractivity contribution in [3.63, 3.8) is 0 Å². The highest BCUT2D eigenvalue weighted by Gasteiger charge is 2.32. The first-order chi connectivity index (χ1) is 9.73. The number of nitrogens with zero attached hydrogens (tertiary/aromatic N) is 2. The summed E-state index contributed by atoms with van der Waals surface area (Å²) in [6.07, 6.45) is 0.774. The van der Waals surface area contributed by atoms with Crippen molar-refractivity contribution in [2.45, 2.75) is 31.2 Å². The average molecular weight is 315 g/mol. The Labute approximate surface area is 125 Å². The van der Waals surface area contributed by atoms with Crippen molar-refractivity contribution < 1.29 is 12.8 Å². The Bertz CT molecular complexity index is 633. The number of likely N-dealkylation sites (N-methyl/N-ethyl adjacent to an activating group) is 1. The monoisotopic (exact) mass is 315 g/mol. The Kier molecular flexibility index (Phi) is 4.55. The van der Waals surface area contributed by atoms with E-state index in [0.29, 0.717) is 18.7 Å². The molecule has 1 aliphatic heterocycles. The first kappa shape index (κ1) is 16.2. The lowest BCUT2D eigenvalue weighted by molar-refractivity contribution is 0.290. The summed E-state index contributed by atoms with van der Waals surface area (Å²) >= 11 is 0. The fourth-order valence-corrected chi connectivity index (χ4v) is 4.68. The van der Waals surface area contributed by atoms with Gasteiger partial charge >= 0.3 is 0 Å². The molecule has 0 aliphatic carbocycles. The third-order valence-electron chi connectivity index (χ3n) is 3.87. The molecule has 1 atom stereocenters. The van der Waals surface area contributed by atoms with Crippen molar-refractivity contribution in [2.75, 3.05) is 32.4 Å². The summed E-state index contributed by atoms with van der Waals surface area (Å²) in [6.45, 7) is 5.48. The molecule has 1 heterocycles. The van der Waals surface area contributed by atoms with Gasteiger partial charge in [-0.2, -0.15) is 4.31 Å². The number of anilines is 1. The fourth-order valence-electron chi connectivity index (χ4n) is 2.78. The van der Waals surface area contributed by atoms with Crippen LogP contribution in [-0.4, -0.2) is 50.3 Å². The van der Waals surface area contributed by atoms with E-state index in [2.05, 4.69) is 4.90 Å². The van der Waals surface area contributed by atoms with Gasteiger partial charge < -0.3 is 10.6 Å². The van der Waals surface area contributed by atoms with Crippen LogP contribution in [0.4, 0.5) is 10.1 Å². The summed E-state index contributed by atoms with van der Waals surface area (Å²) in [7, 11) is -1.69. The summed E-state index contributed by atoms with van der Waals surface area (Å²) in [4.78, 5) is 2.21. The van der Waals surface area contributed by atoms with Crippen LogP contribution < -0.4 is 5.73 Å². The second-order valence-corrected chi connectivity index (χ2v) is 7.58. The second-order valence-electron chi connectivity index (χ2n) is 5.72. The smallest absolute Gasteiger partial charge is 0.243 e. The molecule has 1 aromatic rings. The zero-order chi connectivity index (χ0) is 15.8. The molecule has 21 heavy (non-hydrogen) atoms. The highest BCUT2D eigenvalue weighted by Crippen LogP contribution is 2.27. The van der Waals surface area contributed by atoms with Crippen LogP contribution >= 0.6 is 0 Å². The highest BCUT2D eigenvalue weighted by atomic mass is 32.2. The molecule has 5 nitrogen and oxygen atoms in total. The molecule has 1 unspecified atom stereocenters. The number of benzene rings is 1. The molecule has 118 valence electrons. The minimum absolute atomic E-state index is 0.0952. The van der Waals surface area contributed by atoms with Crippen molar-refractivity contribution in [3.8, 4) is 0 Å². The van der Waals surface area contributed by atoms with Crippen molar-refractivity contribution in [1.82, 2.24) is 9.21 Å². The number of halogens is 1. The van der Waals surface area contributed by atoms with Crippen molar-refractivity contribution >= 4 is 15.7 Å². The molecule has 0 spiro atoms. The van der Waals surface area contributed by atoms with Gasteiger partial charge in [-0.3, -0.25) is 0 Å². The van der Waals surface area contributed by atoms with Gasteiger partial charge in [0.05, 0.1) is 10.6 Å². The number of rotatable bonds is 2. The van der Waals surface area contributed by atoms with E-state index in [9.17, 15) is 12.8 Å². The number of sulfonamides is 1. The highest BCUT2D eigenvalue weighted by molar-refractivity contribution is 7.89. The first-order valence-corrected chi connectivity index (χ1v) is 8.43. The van der Waals surface area contributed by atoms with Gasteiger partial charge in [-0.05, 0) is 51.6 Å². The lowest BCUT2D eigenvalue weighted by Gasteiger charge is -2.28. The van der Waals surface area contributed by atoms with Crippen molar-refractivity contribution in [2.24, 2.45) is 0 Å². The molecular formula is C14H22FN3O2S. The standard InChI is InChI=1S/C14H22FN3O2S/c1-10-7-12(15)13(16)8-14(10)21(19,20)18-6-4-5-17(3)9-11(18)2/h7-8,11H,4-6,9,16H2,1-3H3. The summed E-state index contributed by atoms with van der Waals surface area (Å²) in [5, 5.41) is 0. The normalized spacial score (nSPS) is 22.2. The van der Waals surface area contributed by atoms with Crippen LogP contribution in [0.5, 0.6) is 0 Å². The van der Waals surface area contributed by atoms with Crippen LogP contribution in [0.25, 0.3) is 0 Å². The molecule has 2 rings (SSSR count). The summed E-state index contributed by atoms with van der Waals surface area (Å²) in [5.41, 5.74) is 5.78. The maximum atomic E-state index is 13.4. The number of hydrogen-bond donors (Lipinski definition) is 1. The van der Waals surface area contributed by atoms with E-state index in [4.69, 9.17) is 5.73 Å². The van der Waals surface area contributed by atoms with Crippen LogP contribution in [0.15, 0.2) is 17.0 Å². The Morgan fingerprint density at radius 1 is 1.33 bits per heavy atom. The third kappa shape index (κ3) is 3.20. The van der Waals surface area contributed by atoms with Crippen LogP contribution in [0.1, 0.15) is 18.9 Å². The third-order valence-corrected chi connectivity index (χ3v) is 6.02. The molecule has 1 aliphatic rings. The van der Waals surface area contributed by atoms with Crippen molar-refractivity contribution in [1.29, 1.82) is 0 Å². The number of aryl methyl sites for hydroxylation is 1. The van der Waals surface area contributed by atoms with Crippen LogP contribution in [-0.2, 0) is 10.0 Å². The Balaban J connectivity index is 2.44. The van der Waals surface area contributed by atoms with E-state index < -0.39 is 15.8 Å². The molecule has 1 fully saturated rings. The first-order valence-electron chi connectivity index (χ1n) is 6.99. The van der Waals surface area contributed by atoms with Gasteiger partial charge in [-0.1, -0.05) is 0 Å². The van der Waals surface area contributed by atoms with E-state index >= 15 is 0 Å². The molecule has 0 aromatic heterocycles. The predicted octanol–water partition coefficient (Wildman–Crippen LogP) is 1.43. The molecule has 0 bridgehead atoms. The number of nitrogen functional groups attached to an aromatic ring is 1.